The molecular formula is C18H25N3O3. The quantitative estimate of drug-likeness (QED) is 0.836. The normalized spacial score (nSPS) is 20.3. The van der Waals surface area contributed by atoms with E-state index in [1.165, 1.54) is 0 Å². The summed E-state index contributed by atoms with van der Waals surface area (Å²) in [5.41, 5.74) is 0.848. The lowest BCUT2D eigenvalue weighted by molar-refractivity contribution is -0.140. The fraction of sp³-hybridized carbons (Fsp3) is 0.556. The van der Waals surface area contributed by atoms with Crippen molar-refractivity contribution in [2.75, 3.05) is 44.7 Å². The van der Waals surface area contributed by atoms with E-state index in [4.69, 9.17) is 4.74 Å². The molecule has 3 rings (SSSR count). The number of hydrogen-bond donors (Lipinski definition) is 0. The molecule has 2 amide bonds. The van der Waals surface area contributed by atoms with Gasteiger partial charge in [-0.25, -0.2) is 0 Å². The highest BCUT2D eigenvalue weighted by atomic mass is 16.5. The van der Waals surface area contributed by atoms with Crippen molar-refractivity contribution in [1.82, 2.24) is 9.80 Å². The van der Waals surface area contributed by atoms with Crippen LogP contribution in [0.1, 0.15) is 19.8 Å². The number of benzene rings is 1. The molecule has 2 fully saturated rings. The maximum atomic E-state index is 12.7. The predicted octanol–water partition coefficient (Wildman–Crippen LogP) is 1.35. The minimum atomic E-state index is -0.132. The van der Waals surface area contributed by atoms with Crippen molar-refractivity contribution in [3.05, 3.63) is 24.3 Å². The Morgan fingerprint density at radius 1 is 1.08 bits per heavy atom. The Balaban J connectivity index is 1.61. The van der Waals surface area contributed by atoms with Crippen LogP contribution in [0.25, 0.3) is 0 Å². The van der Waals surface area contributed by atoms with Crippen molar-refractivity contribution >= 4 is 17.5 Å². The lowest BCUT2D eigenvalue weighted by atomic mass is 10.2. The molecule has 130 valence electrons. The van der Waals surface area contributed by atoms with Gasteiger partial charge in [0.1, 0.15) is 12.3 Å². The molecule has 1 atom stereocenters. The molecule has 0 radical (unpaired) electrons. The van der Waals surface area contributed by atoms with Gasteiger partial charge < -0.3 is 14.5 Å². The van der Waals surface area contributed by atoms with Crippen molar-refractivity contribution in [1.29, 1.82) is 0 Å². The Kier molecular flexibility index (Phi) is 5.04. The molecule has 2 aliphatic heterocycles. The smallest absolute Gasteiger partial charge is 0.246 e. The van der Waals surface area contributed by atoms with Crippen LogP contribution in [0.3, 0.4) is 0 Å². The number of anilines is 1. The van der Waals surface area contributed by atoms with E-state index in [2.05, 4.69) is 4.90 Å². The number of carbonyl (C=O) groups excluding carboxylic acids is 2. The number of hydrogen-bond acceptors (Lipinski definition) is 4. The average molecular weight is 331 g/mol. The summed E-state index contributed by atoms with van der Waals surface area (Å²) in [6, 6.07) is 7.31. The van der Waals surface area contributed by atoms with Gasteiger partial charge in [-0.3, -0.25) is 14.5 Å². The summed E-state index contributed by atoms with van der Waals surface area (Å²) in [4.78, 5) is 30.8. The monoisotopic (exact) mass is 331 g/mol. The molecule has 6 heteroatoms. The van der Waals surface area contributed by atoms with Crippen molar-refractivity contribution in [2.24, 2.45) is 0 Å². The van der Waals surface area contributed by atoms with Gasteiger partial charge >= 0.3 is 0 Å². The first-order valence-corrected chi connectivity index (χ1v) is 8.57. The molecule has 2 aliphatic rings. The summed E-state index contributed by atoms with van der Waals surface area (Å²) in [5, 5.41) is 0. The fourth-order valence-electron chi connectivity index (χ4n) is 3.45. The van der Waals surface area contributed by atoms with Crippen molar-refractivity contribution in [3.8, 4) is 5.75 Å². The Morgan fingerprint density at radius 2 is 1.75 bits per heavy atom. The molecule has 1 aromatic rings. The highest BCUT2D eigenvalue weighted by Gasteiger charge is 2.33. The van der Waals surface area contributed by atoms with Crippen LogP contribution < -0.4 is 9.64 Å². The number of nitrogens with zero attached hydrogens (tertiary/aromatic N) is 3. The van der Waals surface area contributed by atoms with Gasteiger partial charge in [-0.15, -0.1) is 0 Å². The third-order valence-corrected chi connectivity index (χ3v) is 4.96. The summed E-state index contributed by atoms with van der Waals surface area (Å²) in [6.07, 6.45) is 2.31. The molecule has 0 bridgehead atoms. The molecule has 0 aromatic heterocycles. The van der Waals surface area contributed by atoms with Gasteiger partial charge in [-0.05, 0) is 57.1 Å². The second kappa shape index (κ2) is 7.21. The standard InChI is InChI=1S/C18H25N3O3/c1-14(19-9-3-4-10-19)18(23)20-11-12-21(17(22)13-20)15-5-7-16(24-2)8-6-15/h5-8,14H,3-4,9-13H2,1-2H3/t14-/m1/s1. The lowest BCUT2D eigenvalue weighted by Crippen LogP contribution is -2.56. The van der Waals surface area contributed by atoms with E-state index in [1.54, 1.807) is 16.9 Å². The summed E-state index contributed by atoms with van der Waals surface area (Å²) >= 11 is 0. The van der Waals surface area contributed by atoms with E-state index in [0.29, 0.717) is 13.1 Å². The van der Waals surface area contributed by atoms with Crippen molar-refractivity contribution < 1.29 is 14.3 Å². The Labute approximate surface area is 143 Å². The lowest BCUT2D eigenvalue weighted by Gasteiger charge is -2.37. The molecule has 0 saturated carbocycles. The highest BCUT2D eigenvalue weighted by molar-refractivity contribution is 5.98. The number of carbonyl (C=O) groups is 2. The maximum absolute atomic E-state index is 12.7. The van der Waals surface area contributed by atoms with E-state index < -0.39 is 0 Å². The maximum Gasteiger partial charge on any atom is 0.246 e. The van der Waals surface area contributed by atoms with Crippen LogP contribution in [0.2, 0.25) is 0 Å². The SMILES string of the molecule is COc1ccc(N2CCN(C(=O)[C@@H](C)N3CCCC3)CC2=O)cc1. The zero-order valence-corrected chi connectivity index (χ0v) is 14.4. The fourth-order valence-corrected chi connectivity index (χ4v) is 3.45. The first kappa shape index (κ1) is 16.8. The van der Waals surface area contributed by atoms with Crippen molar-refractivity contribution in [2.45, 2.75) is 25.8 Å². The average Bonchev–Trinajstić information content (AvgIpc) is 3.15. The van der Waals surface area contributed by atoms with Crippen molar-refractivity contribution in [3.63, 3.8) is 0 Å². The molecule has 0 aliphatic carbocycles. The number of rotatable bonds is 4. The zero-order chi connectivity index (χ0) is 17.1. The van der Waals surface area contributed by atoms with Gasteiger partial charge in [-0.2, -0.15) is 0 Å². The minimum Gasteiger partial charge on any atom is -0.497 e. The van der Waals surface area contributed by atoms with Crippen LogP contribution in [-0.4, -0.2) is 67.5 Å². The third kappa shape index (κ3) is 3.38. The molecule has 0 unspecified atom stereocenters. The molecule has 24 heavy (non-hydrogen) atoms. The zero-order valence-electron chi connectivity index (χ0n) is 14.4. The summed E-state index contributed by atoms with van der Waals surface area (Å²) in [6.45, 7) is 5.18. The molecule has 6 nitrogen and oxygen atoms in total. The first-order valence-electron chi connectivity index (χ1n) is 8.57. The second-order valence-electron chi connectivity index (χ2n) is 6.42. The minimum absolute atomic E-state index is 0.0339. The van der Waals surface area contributed by atoms with E-state index in [1.807, 2.05) is 31.2 Å². The predicted molar refractivity (Wildman–Crippen MR) is 92.2 cm³/mol. The molecule has 2 heterocycles. The largest absolute Gasteiger partial charge is 0.497 e. The Hall–Kier alpha value is -2.08. The number of methoxy groups -OCH3 is 1. The number of piperazine rings is 1. The Bertz CT molecular complexity index is 596. The third-order valence-electron chi connectivity index (χ3n) is 4.96. The summed E-state index contributed by atoms with van der Waals surface area (Å²) < 4.78 is 5.15. The number of ether oxygens (including phenoxy) is 1. The van der Waals surface area contributed by atoms with Crippen LogP contribution in [-0.2, 0) is 9.59 Å². The topological polar surface area (TPSA) is 53.1 Å². The summed E-state index contributed by atoms with van der Waals surface area (Å²) in [5.74, 6) is 0.799. The van der Waals surface area contributed by atoms with Crippen LogP contribution >= 0.6 is 0 Å². The van der Waals surface area contributed by atoms with E-state index >= 15 is 0 Å². The first-order chi connectivity index (χ1) is 11.6. The van der Waals surface area contributed by atoms with E-state index in [-0.39, 0.29) is 24.4 Å². The van der Waals surface area contributed by atoms with Gasteiger partial charge in [-0.1, -0.05) is 0 Å². The molecule has 0 spiro atoms. The number of amides is 2. The van der Waals surface area contributed by atoms with Crippen LogP contribution in [0.15, 0.2) is 24.3 Å². The molecule has 1 aromatic carbocycles. The second-order valence-corrected chi connectivity index (χ2v) is 6.42. The summed E-state index contributed by atoms with van der Waals surface area (Å²) in [7, 11) is 1.62. The van der Waals surface area contributed by atoms with Gasteiger partial charge in [0.15, 0.2) is 0 Å². The van der Waals surface area contributed by atoms with Crippen LogP contribution in [0.4, 0.5) is 5.69 Å². The van der Waals surface area contributed by atoms with Gasteiger partial charge in [0.05, 0.1) is 13.2 Å². The van der Waals surface area contributed by atoms with Gasteiger partial charge in [0.2, 0.25) is 11.8 Å². The Morgan fingerprint density at radius 3 is 2.33 bits per heavy atom. The van der Waals surface area contributed by atoms with Gasteiger partial charge in [0.25, 0.3) is 0 Å². The molecule has 0 N–H and O–H groups in total. The van der Waals surface area contributed by atoms with Gasteiger partial charge in [0, 0.05) is 18.8 Å². The molecular weight excluding hydrogens is 306 g/mol. The van der Waals surface area contributed by atoms with E-state index in [0.717, 1.165) is 37.4 Å². The highest BCUT2D eigenvalue weighted by Crippen LogP contribution is 2.22. The van der Waals surface area contributed by atoms with E-state index in [9.17, 15) is 9.59 Å². The molecule has 2 saturated heterocycles. The van der Waals surface area contributed by atoms with Crippen LogP contribution in [0.5, 0.6) is 5.75 Å². The number of likely N-dealkylation sites (tertiary alicyclic amines) is 1. The van der Waals surface area contributed by atoms with Crippen LogP contribution in [0, 0.1) is 0 Å².